The van der Waals surface area contributed by atoms with Crippen LogP contribution in [0.3, 0.4) is 0 Å². The van der Waals surface area contributed by atoms with Gasteiger partial charge in [0.15, 0.2) is 5.69 Å². The molecule has 3 rings (SSSR count). The van der Waals surface area contributed by atoms with Crippen LogP contribution in [0, 0.1) is 40.9 Å². The van der Waals surface area contributed by atoms with Crippen molar-refractivity contribution in [1.82, 2.24) is 25.4 Å². The Morgan fingerprint density at radius 2 is 1.62 bits per heavy atom. The zero-order valence-electron chi connectivity index (χ0n) is 28.2. The highest BCUT2D eigenvalue weighted by Gasteiger charge is 2.44. The number of rotatable bonds is 13. The molecule has 2 N–H and O–H groups in total. The molecule has 1 aromatic heterocycles. The molecule has 48 heavy (non-hydrogen) atoms. The zero-order valence-corrected chi connectivity index (χ0v) is 29.0. The lowest BCUT2D eigenvalue weighted by Crippen LogP contribution is -2.60. The third kappa shape index (κ3) is 8.13. The second-order valence-corrected chi connectivity index (χ2v) is 13.6. The molecule has 2 heterocycles. The Morgan fingerprint density at radius 3 is 2.12 bits per heavy atom. The van der Waals surface area contributed by atoms with Crippen LogP contribution in [0.2, 0.25) is 0 Å². The normalized spacial score (nSPS) is 19.0. The highest BCUT2D eigenvalue weighted by atomic mass is 32.1. The van der Waals surface area contributed by atoms with E-state index in [0.29, 0.717) is 12.8 Å². The SMILES string of the molecule is CC[C@H](C)[C@H](NC(=O)[C@@]1(C)CCCN1C)C(=O)N(C)[C@H](C[C@@H](NC(C)=O)c1nc(C(=O)Oc2c(F)c(F)c(F)c(F)c2F)cs1)C(C)C. The number of halogens is 5. The van der Waals surface area contributed by atoms with Crippen LogP contribution in [0.4, 0.5) is 22.0 Å². The van der Waals surface area contributed by atoms with Crippen LogP contribution in [-0.4, -0.2) is 76.7 Å². The predicted molar refractivity (Wildman–Crippen MR) is 168 cm³/mol. The van der Waals surface area contributed by atoms with Gasteiger partial charge >= 0.3 is 5.97 Å². The summed E-state index contributed by atoms with van der Waals surface area (Å²) in [5.41, 5.74) is -1.26. The number of thiazole rings is 1. The highest BCUT2D eigenvalue weighted by Crippen LogP contribution is 2.32. The molecule has 3 amide bonds. The van der Waals surface area contributed by atoms with Gasteiger partial charge in [-0.15, -0.1) is 11.3 Å². The van der Waals surface area contributed by atoms with E-state index in [4.69, 9.17) is 0 Å². The Labute approximate surface area is 280 Å². The van der Waals surface area contributed by atoms with E-state index >= 15 is 0 Å². The third-order valence-electron chi connectivity index (χ3n) is 9.12. The summed E-state index contributed by atoms with van der Waals surface area (Å²) in [4.78, 5) is 60.1. The van der Waals surface area contributed by atoms with Crippen molar-refractivity contribution in [3.05, 3.63) is 45.2 Å². The maximum Gasteiger partial charge on any atom is 0.363 e. The van der Waals surface area contributed by atoms with Gasteiger partial charge in [-0.3, -0.25) is 19.3 Å². The first-order valence-corrected chi connectivity index (χ1v) is 16.5. The molecule has 2 aromatic rings. The largest absolute Gasteiger partial charge is 0.415 e. The van der Waals surface area contributed by atoms with Crippen LogP contribution in [0.25, 0.3) is 0 Å². The van der Waals surface area contributed by atoms with Crippen molar-refractivity contribution in [2.24, 2.45) is 11.8 Å². The van der Waals surface area contributed by atoms with Gasteiger partial charge in [-0.2, -0.15) is 8.78 Å². The molecular formula is C32H42F5N5O5S. The lowest BCUT2D eigenvalue weighted by Gasteiger charge is -2.38. The first-order valence-electron chi connectivity index (χ1n) is 15.6. The lowest BCUT2D eigenvalue weighted by atomic mass is 9.91. The number of aromatic nitrogens is 1. The fourth-order valence-corrected chi connectivity index (χ4v) is 6.55. The molecular weight excluding hydrogens is 661 g/mol. The van der Waals surface area contributed by atoms with Crippen LogP contribution < -0.4 is 15.4 Å². The summed E-state index contributed by atoms with van der Waals surface area (Å²) in [5, 5.41) is 7.05. The summed E-state index contributed by atoms with van der Waals surface area (Å²) in [6.45, 7) is 11.4. The number of esters is 1. The number of hydrogen-bond donors (Lipinski definition) is 2. The van der Waals surface area contributed by atoms with Gasteiger partial charge in [0, 0.05) is 25.4 Å². The monoisotopic (exact) mass is 703 g/mol. The minimum Gasteiger partial charge on any atom is -0.415 e. The molecule has 0 radical (unpaired) electrons. The number of carbonyl (C=O) groups is 4. The van der Waals surface area contributed by atoms with Crippen molar-refractivity contribution in [1.29, 1.82) is 0 Å². The van der Waals surface area contributed by atoms with Crippen LogP contribution >= 0.6 is 11.3 Å². The van der Waals surface area contributed by atoms with Gasteiger partial charge < -0.3 is 20.3 Å². The molecule has 0 spiro atoms. The minimum atomic E-state index is -2.41. The van der Waals surface area contributed by atoms with Gasteiger partial charge in [-0.05, 0) is 51.6 Å². The predicted octanol–water partition coefficient (Wildman–Crippen LogP) is 5.12. The van der Waals surface area contributed by atoms with E-state index in [-0.39, 0.29) is 35.1 Å². The molecule has 1 fully saturated rings. The number of benzene rings is 1. The maximum atomic E-state index is 14.1. The van der Waals surface area contributed by atoms with E-state index in [1.165, 1.54) is 11.8 Å². The van der Waals surface area contributed by atoms with Crippen molar-refractivity contribution in [2.45, 2.75) is 90.9 Å². The smallest absolute Gasteiger partial charge is 0.363 e. The highest BCUT2D eigenvalue weighted by molar-refractivity contribution is 7.09. The van der Waals surface area contributed by atoms with E-state index in [2.05, 4.69) is 20.4 Å². The van der Waals surface area contributed by atoms with Crippen molar-refractivity contribution in [3.63, 3.8) is 0 Å². The van der Waals surface area contributed by atoms with Gasteiger partial charge in [0.25, 0.3) is 0 Å². The second kappa shape index (κ2) is 15.7. The first-order chi connectivity index (χ1) is 22.3. The molecule has 1 aromatic carbocycles. The zero-order chi connectivity index (χ0) is 36.2. The van der Waals surface area contributed by atoms with Crippen molar-refractivity contribution in [2.75, 3.05) is 20.6 Å². The first kappa shape index (κ1) is 38.8. The number of nitrogens with zero attached hydrogens (tertiary/aromatic N) is 3. The summed E-state index contributed by atoms with van der Waals surface area (Å²) in [6.07, 6.45) is 2.24. The number of likely N-dealkylation sites (tertiary alicyclic amines) is 1. The van der Waals surface area contributed by atoms with E-state index in [0.717, 1.165) is 29.7 Å². The molecule has 0 bridgehead atoms. The average Bonchev–Trinajstić information content (AvgIpc) is 3.67. The molecule has 1 aliphatic rings. The van der Waals surface area contributed by atoms with Crippen molar-refractivity contribution in [3.8, 4) is 5.75 Å². The number of likely N-dealkylation sites (N-methyl/N-ethyl adjacent to an activating group) is 2. The number of hydrogen-bond acceptors (Lipinski definition) is 8. The molecule has 0 saturated carbocycles. The van der Waals surface area contributed by atoms with Gasteiger partial charge in [-0.25, -0.2) is 22.9 Å². The van der Waals surface area contributed by atoms with Crippen LogP contribution in [0.5, 0.6) is 5.75 Å². The van der Waals surface area contributed by atoms with E-state index in [9.17, 15) is 41.1 Å². The Morgan fingerprint density at radius 1 is 1.04 bits per heavy atom. The maximum absolute atomic E-state index is 14.1. The molecule has 16 heteroatoms. The summed E-state index contributed by atoms with van der Waals surface area (Å²) in [7, 11) is 3.48. The summed E-state index contributed by atoms with van der Waals surface area (Å²) in [5.74, 6) is -16.3. The fraction of sp³-hybridized carbons (Fsp3) is 0.594. The quantitative estimate of drug-likeness (QED) is 0.0977. The lowest BCUT2D eigenvalue weighted by molar-refractivity contribution is -0.142. The summed E-state index contributed by atoms with van der Waals surface area (Å²) < 4.78 is 73.4. The van der Waals surface area contributed by atoms with Crippen molar-refractivity contribution >= 4 is 35.0 Å². The molecule has 1 saturated heterocycles. The van der Waals surface area contributed by atoms with Gasteiger partial charge in [-0.1, -0.05) is 34.1 Å². The Balaban J connectivity index is 1.87. The van der Waals surface area contributed by atoms with Crippen LogP contribution in [-0.2, 0) is 14.4 Å². The van der Waals surface area contributed by atoms with Crippen LogP contribution in [0.15, 0.2) is 5.38 Å². The van der Waals surface area contributed by atoms with Gasteiger partial charge in [0.1, 0.15) is 11.0 Å². The fourth-order valence-electron chi connectivity index (χ4n) is 5.69. The Kier molecular flexibility index (Phi) is 12.7. The standard InChI is InChI=1S/C32H42F5N5O5S/c1-9-16(4)26(40-31(46)32(6)11-10-12-41(32)7)29(44)42(8)20(15(2)3)13-18(38-17(5)43)28-39-19(14-48-28)30(45)47-27-24(36)22(34)21(33)23(35)25(27)37/h14-16,18,20,26H,9-13H2,1-8H3,(H,38,43)(H,40,46)/t16-,18+,20+,26-,32+/m0/s1. The van der Waals surface area contributed by atoms with Crippen LogP contribution in [0.1, 0.15) is 88.8 Å². The number of ether oxygens (including phenoxy) is 1. The minimum absolute atomic E-state index is 0.112. The summed E-state index contributed by atoms with van der Waals surface area (Å²) >= 11 is 0.879. The second-order valence-electron chi connectivity index (χ2n) is 12.7. The number of nitrogens with one attached hydrogen (secondary N) is 2. The van der Waals surface area contributed by atoms with E-state index < -0.39 is 76.1 Å². The Hall–Kier alpha value is -3.66. The molecule has 0 unspecified atom stereocenters. The molecule has 266 valence electrons. The van der Waals surface area contributed by atoms with E-state index in [1.807, 2.05) is 46.6 Å². The molecule has 0 aliphatic carbocycles. The molecule has 10 nitrogen and oxygen atoms in total. The number of carbonyl (C=O) groups excluding carboxylic acids is 4. The van der Waals surface area contributed by atoms with E-state index in [1.54, 1.807) is 7.05 Å². The van der Waals surface area contributed by atoms with Gasteiger partial charge in [0.05, 0.1) is 11.6 Å². The Bertz CT molecular complexity index is 1510. The molecule has 5 atom stereocenters. The molecule has 1 aliphatic heterocycles. The average molecular weight is 704 g/mol. The third-order valence-corrected chi connectivity index (χ3v) is 10.1. The van der Waals surface area contributed by atoms with Crippen molar-refractivity contribution < 1.29 is 45.9 Å². The number of amides is 3. The summed E-state index contributed by atoms with van der Waals surface area (Å²) in [6, 6.07) is -2.22. The topological polar surface area (TPSA) is 121 Å². The van der Waals surface area contributed by atoms with Gasteiger partial charge in [0.2, 0.25) is 52.6 Å².